The van der Waals surface area contributed by atoms with Crippen molar-refractivity contribution in [2.45, 2.75) is 17.9 Å². The third-order valence-electron chi connectivity index (χ3n) is 3.51. The van der Waals surface area contributed by atoms with Gasteiger partial charge in [-0.3, -0.25) is 10.1 Å². The Morgan fingerprint density at radius 3 is 2.95 bits per heavy atom. The first-order chi connectivity index (χ1) is 10.3. The standard InChI is InChI=1S/C13H13F2N3O4/c14-13(15,8-21-6-4-16)12(17)3-5-22-11-2-1-9(18(19)20)7-10(11)12/h1-2,7H,3,5-6,8,17H2/t12-/m0/s1. The lowest BCUT2D eigenvalue weighted by Crippen LogP contribution is -2.57. The normalized spacial score (nSPS) is 20.6. The van der Waals surface area contributed by atoms with Gasteiger partial charge in [-0.05, 0) is 6.07 Å². The molecular weight excluding hydrogens is 300 g/mol. The number of nitro groups is 1. The molecule has 0 saturated carbocycles. The molecule has 0 aromatic heterocycles. The molecule has 1 aliphatic rings. The molecule has 118 valence electrons. The highest BCUT2D eigenvalue weighted by Crippen LogP contribution is 2.46. The highest BCUT2D eigenvalue weighted by molar-refractivity contribution is 5.49. The van der Waals surface area contributed by atoms with Gasteiger partial charge in [-0.1, -0.05) is 0 Å². The summed E-state index contributed by atoms with van der Waals surface area (Å²) in [7, 11) is 0. The van der Waals surface area contributed by atoms with Crippen molar-refractivity contribution >= 4 is 5.69 Å². The average molecular weight is 313 g/mol. The molecule has 0 unspecified atom stereocenters. The van der Waals surface area contributed by atoms with Crippen LogP contribution in [-0.4, -0.2) is 30.7 Å². The molecule has 0 saturated heterocycles. The van der Waals surface area contributed by atoms with Crippen molar-refractivity contribution in [3.8, 4) is 11.8 Å². The van der Waals surface area contributed by atoms with Crippen molar-refractivity contribution < 1.29 is 23.2 Å². The van der Waals surface area contributed by atoms with E-state index in [1.54, 1.807) is 6.07 Å². The fourth-order valence-electron chi connectivity index (χ4n) is 2.30. The van der Waals surface area contributed by atoms with Crippen LogP contribution in [0.25, 0.3) is 0 Å². The average Bonchev–Trinajstić information content (AvgIpc) is 2.47. The van der Waals surface area contributed by atoms with E-state index in [9.17, 15) is 18.9 Å². The van der Waals surface area contributed by atoms with Crippen molar-refractivity contribution in [1.29, 1.82) is 5.26 Å². The highest BCUT2D eigenvalue weighted by Gasteiger charge is 2.55. The lowest BCUT2D eigenvalue weighted by Gasteiger charge is -2.40. The van der Waals surface area contributed by atoms with Gasteiger partial charge in [0.1, 0.15) is 24.5 Å². The Hall–Kier alpha value is -2.31. The summed E-state index contributed by atoms with van der Waals surface area (Å²) in [4.78, 5) is 10.1. The summed E-state index contributed by atoms with van der Waals surface area (Å²) in [5, 5.41) is 19.2. The van der Waals surface area contributed by atoms with E-state index in [4.69, 9.17) is 15.7 Å². The summed E-state index contributed by atoms with van der Waals surface area (Å²) >= 11 is 0. The predicted octanol–water partition coefficient (Wildman–Crippen LogP) is 1.71. The van der Waals surface area contributed by atoms with Gasteiger partial charge in [-0.15, -0.1) is 0 Å². The summed E-state index contributed by atoms with van der Waals surface area (Å²) in [5.41, 5.74) is 3.23. The van der Waals surface area contributed by atoms with E-state index in [0.29, 0.717) is 0 Å². The minimum atomic E-state index is -3.52. The Bertz CT molecular complexity index is 632. The van der Waals surface area contributed by atoms with Crippen molar-refractivity contribution in [2.75, 3.05) is 19.8 Å². The number of benzene rings is 1. The number of hydrogen-bond donors (Lipinski definition) is 1. The van der Waals surface area contributed by atoms with Crippen LogP contribution in [-0.2, 0) is 10.3 Å². The molecule has 22 heavy (non-hydrogen) atoms. The second kappa shape index (κ2) is 5.82. The quantitative estimate of drug-likeness (QED) is 0.503. The number of rotatable bonds is 5. The SMILES string of the molecule is N#CCOCC(F)(F)[C@]1(N)CCOc2ccc([N+](=O)[O-])cc21. The van der Waals surface area contributed by atoms with Gasteiger partial charge in [0.15, 0.2) is 0 Å². The first-order valence-electron chi connectivity index (χ1n) is 6.35. The monoisotopic (exact) mass is 313 g/mol. The number of nitro benzene ring substituents is 1. The van der Waals surface area contributed by atoms with Crippen LogP contribution in [0, 0.1) is 21.4 Å². The Kier molecular flexibility index (Phi) is 4.25. The number of alkyl halides is 2. The molecule has 9 heteroatoms. The Labute approximate surface area is 124 Å². The number of ether oxygens (including phenoxy) is 2. The molecule has 1 aromatic rings. The van der Waals surface area contributed by atoms with Gasteiger partial charge in [0.2, 0.25) is 0 Å². The van der Waals surface area contributed by atoms with E-state index in [0.717, 1.165) is 12.1 Å². The lowest BCUT2D eigenvalue weighted by molar-refractivity contribution is -0.385. The summed E-state index contributed by atoms with van der Waals surface area (Å²) in [6.45, 7) is -1.60. The van der Waals surface area contributed by atoms with Crippen LogP contribution in [0.15, 0.2) is 18.2 Å². The van der Waals surface area contributed by atoms with Crippen molar-refractivity contribution in [3.63, 3.8) is 0 Å². The molecule has 2 N–H and O–H groups in total. The third-order valence-corrected chi connectivity index (χ3v) is 3.51. The molecule has 1 heterocycles. The Morgan fingerprint density at radius 1 is 1.59 bits per heavy atom. The van der Waals surface area contributed by atoms with Gasteiger partial charge in [0, 0.05) is 24.1 Å². The smallest absolute Gasteiger partial charge is 0.292 e. The van der Waals surface area contributed by atoms with Crippen LogP contribution in [0.5, 0.6) is 5.75 Å². The summed E-state index contributed by atoms with van der Waals surface area (Å²) < 4.78 is 38.7. The van der Waals surface area contributed by atoms with Gasteiger partial charge in [-0.25, -0.2) is 8.78 Å². The van der Waals surface area contributed by atoms with Crippen LogP contribution in [0.3, 0.4) is 0 Å². The topological polar surface area (TPSA) is 111 Å². The maximum atomic E-state index is 14.4. The first kappa shape index (κ1) is 16.1. The number of nitriles is 1. The van der Waals surface area contributed by atoms with E-state index in [-0.39, 0.29) is 30.0 Å². The largest absolute Gasteiger partial charge is 0.493 e. The zero-order chi connectivity index (χ0) is 16.4. The fourth-order valence-corrected chi connectivity index (χ4v) is 2.30. The maximum absolute atomic E-state index is 14.4. The fraction of sp³-hybridized carbons (Fsp3) is 0.462. The zero-order valence-corrected chi connectivity index (χ0v) is 11.4. The molecule has 0 aliphatic carbocycles. The van der Waals surface area contributed by atoms with E-state index in [1.165, 1.54) is 6.07 Å². The van der Waals surface area contributed by atoms with Gasteiger partial charge < -0.3 is 15.2 Å². The Balaban J connectivity index is 2.42. The number of nitrogens with zero attached hydrogens (tertiary/aromatic N) is 2. The van der Waals surface area contributed by atoms with Gasteiger partial charge in [0.25, 0.3) is 11.6 Å². The molecule has 0 spiro atoms. The number of halogens is 2. The second-order valence-electron chi connectivity index (χ2n) is 4.86. The molecule has 2 rings (SSSR count). The van der Waals surface area contributed by atoms with E-state index < -0.39 is 29.6 Å². The van der Waals surface area contributed by atoms with Crippen molar-refractivity contribution in [3.05, 3.63) is 33.9 Å². The third kappa shape index (κ3) is 2.70. The minimum Gasteiger partial charge on any atom is -0.493 e. The summed E-state index contributed by atoms with van der Waals surface area (Å²) in [6, 6.07) is 4.99. The van der Waals surface area contributed by atoms with Gasteiger partial charge in [0.05, 0.1) is 17.6 Å². The highest BCUT2D eigenvalue weighted by atomic mass is 19.3. The van der Waals surface area contributed by atoms with Crippen LogP contribution < -0.4 is 10.5 Å². The van der Waals surface area contributed by atoms with Crippen LogP contribution in [0.4, 0.5) is 14.5 Å². The number of fused-ring (bicyclic) bond motifs is 1. The van der Waals surface area contributed by atoms with Gasteiger partial charge in [-0.2, -0.15) is 5.26 Å². The number of nitrogens with two attached hydrogens (primary N) is 1. The molecule has 1 aromatic carbocycles. The zero-order valence-electron chi connectivity index (χ0n) is 11.4. The molecule has 0 radical (unpaired) electrons. The first-order valence-corrected chi connectivity index (χ1v) is 6.35. The van der Waals surface area contributed by atoms with Crippen LogP contribution in [0.1, 0.15) is 12.0 Å². The van der Waals surface area contributed by atoms with Crippen LogP contribution in [0.2, 0.25) is 0 Å². The van der Waals surface area contributed by atoms with E-state index in [1.807, 2.05) is 0 Å². The van der Waals surface area contributed by atoms with Crippen LogP contribution >= 0.6 is 0 Å². The van der Waals surface area contributed by atoms with Crippen molar-refractivity contribution in [1.82, 2.24) is 0 Å². The number of non-ortho nitro benzene ring substituents is 1. The van der Waals surface area contributed by atoms with Crippen molar-refractivity contribution in [2.24, 2.45) is 5.73 Å². The lowest BCUT2D eigenvalue weighted by atomic mass is 9.80. The summed E-state index contributed by atoms with van der Waals surface area (Å²) in [5.74, 6) is -3.43. The van der Waals surface area contributed by atoms with E-state index >= 15 is 0 Å². The summed E-state index contributed by atoms with van der Waals surface area (Å²) in [6.07, 6.45) is -0.232. The second-order valence-corrected chi connectivity index (χ2v) is 4.86. The molecule has 1 atom stereocenters. The maximum Gasteiger partial charge on any atom is 0.292 e. The minimum absolute atomic E-state index is 0.0465. The molecule has 0 fully saturated rings. The molecular formula is C13H13F2N3O4. The van der Waals surface area contributed by atoms with Gasteiger partial charge >= 0.3 is 0 Å². The van der Waals surface area contributed by atoms with E-state index in [2.05, 4.69) is 4.74 Å². The predicted molar refractivity (Wildman–Crippen MR) is 70.5 cm³/mol. The molecule has 7 nitrogen and oxygen atoms in total. The molecule has 1 aliphatic heterocycles. The Morgan fingerprint density at radius 2 is 2.32 bits per heavy atom. The molecule has 0 bridgehead atoms. The number of hydrogen-bond acceptors (Lipinski definition) is 6. The molecule has 0 amide bonds.